The summed E-state index contributed by atoms with van der Waals surface area (Å²) in [6.07, 6.45) is 9.47. The summed E-state index contributed by atoms with van der Waals surface area (Å²) in [5.41, 5.74) is -0.252. The number of piperidine rings is 2. The summed E-state index contributed by atoms with van der Waals surface area (Å²) < 4.78 is 0. The highest BCUT2D eigenvalue weighted by atomic mass is 16.1. The molecule has 0 unspecified atom stereocenters. The van der Waals surface area contributed by atoms with E-state index < -0.39 is 0 Å². The molecule has 0 atom stereocenters. The normalized spacial score (nSPS) is 24.8. The molecule has 2 aliphatic rings. The summed E-state index contributed by atoms with van der Waals surface area (Å²) in [5, 5.41) is 7.45. The Morgan fingerprint density at radius 2 is 1.06 bits per heavy atom. The van der Waals surface area contributed by atoms with Gasteiger partial charge >= 0.3 is 0 Å². The number of hydrogen-bond donors (Lipinski definition) is 2. The minimum Gasteiger partial charge on any atom is -0.322 e. The van der Waals surface area contributed by atoms with Crippen molar-refractivity contribution in [3.8, 4) is 0 Å². The summed E-state index contributed by atoms with van der Waals surface area (Å²) in [5.74, 6) is 0. The Bertz CT molecular complexity index is 562. The Kier molecular flexibility index (Phi) is 8.47. The molecule has 2 aliphatic heterocycles. The lowest BCUT2D eigenvalue weighted by Crippen LogP contribution is -2.67. The lowest BCUT2D eigenvalue weighted by Gasteiger charge is -2.54. The summed E-state index contributed by atoms with van der Waals surface area (Å²) in [6, 6.07) is 0.214. The number of carbonyl (C=O) groups is 2. The van der Waals surface area contributed by atoms with Gasteiger partial charge in [-0.1, -0.05) is 19.8 Å². The van der Waals surface area contributed by atoms with Crippen LogP contribution in [0, 0.1) is 0 Å². The average Bonchev–Trinajstić information content (AvgIpc) is 2.57. The van der Waals surface area contributed by atoms with E-state index in [1.165, 1.54) is 0 Å². The van der Waals surface area contributed by atoms with Crippen LogP contribution in [0.25, 0.3) is 0 Å². The summed E-state index contributed by atoms with van der Waals surface area (Å²) in [6.45, 7) is 19.9. The Hall–Kier alpha value is -1.14. The van der Waals surface area contributed by atoms with Gasteiger partial charge in [-0.25, -0.2) is 0 Å². The molecule has 0 aromatic carbocycles. The highest BCUT2D eigenvalue weighted by Crippen LogP contribution is 2.36. The quantitative estimate of drug-likeness (QED) is 0.294. The van der Waals surface area contributed by atoms with Crippen LogP contribution in [-0.4, -0.2) is 63.0 Å². The van der Waals surface area contributed by atoms with Gasteiger partial charge in [-0.15, -0.1) is 0 Å². The van der Waals surface area contributed by atoms with E-state index in [0.29, 0.717) is 0 Å². The lowest BCUT2D eigenvalue weighted by molar-refractivity contribution is -0.142. The second-order valence-corrected chi connectivity index (χ2v) is 13.0. The first-order valence-corrected chi connectivity index (χ1v) is 12.7. The third kappa shape index (κ3) is 7.18. The van der Waals surface area contributed by atoms with Crippen molar-refractivity contribution < 1.29 is 9.59 Å². The number of amides is 2. The standard InChI is InChI=1S/C26H50N4O2/c1-10-11-12-13-22(29(18-31)20-14-23(2,3)27-24(4,5)15-20)30(19-32)21-16-25(6,7)28-26(8,9)17-21/h18-22,27-28H,10-17H2,1-9H3. The van der Waals surface area contributed by atoms with Crippen molar-refractivity contribution in [1.29, 1.82) is 0 Å². The van der Waals surface area contributed by atoms with Crippen LogP contribution in [0.3, 0.4) is 0 Å². The zero-order chi connectivity index (χ0) is 24.4. The molecule has 2 heterocycles. The summed E-state index contributed by atoms with van der Waals surface area (Å²) in [7, 11) is 0. The smallest absolute Gasteiger partial charge is 0.211 e. The molecular formula is C26H50N4O2. The maximum Gasteiger partial charge on any atom is 0.211 e. The SMILES string of the molecule is CCCCCC(N(C=O)C1CC(C)(C)NC(C)(C)C1)N(C=O)C1CC(C)(C)NC(C)(C)C1. The van der Waals surface area contributed by atoms with Crippen molar-refractivity contribution in [3.05, 3.63) is 0 Å². The van der Waals surface area contributed by atoms with E-state index in [4.69, 9.17) is 0 Å². The van der Waals surface area contributed by atoms with Crippen LogP contribution in [0.4, 0.5) is 0 Å². The maximum absolute atomic E-state index is 12.6. The van der Waals surface area contributed by atoms with E-state index in [2.05, 4.69) is 72.9 Å². The Labute approximate surface area is 197 Å². The van der Waals surface area contributed by atoms with Crippen molar-refractivity contribution in [2.45, 2.75) is 154 Å². The van der Waals surface area contributed by atoms with Gasteiger partial charge < -0.3 is 20.4 Å². The molecule has 2 saturated heterocycles. The number of carbonyl (C=O) groups excluding carboxylic acids is 2. The number of unbranched alkanes of at least 4 members (excludes halogenated alkanes) is 2. The van der Waals surface area contributed by atoms with E-state index >= 15 is 0 Å². The Morgan fingerprint density at radius 1 is 0.719 bits per heavy atom. The van der Waals surface area contributed by atoms with Crippen LogP contribution in [0.1, 0.15) is 114 Å². The van der Waals surface area contributed by atoms with Gasteiger partial charge in [-0.05, 0) is 93.9 Å². The average molecular weight is 451 g/mol. The first-order chi connectivity index (χ1) is 14.6. The minimum atomic E-state index is -0.194. The first-order valence-electron chi connectivity index (χ1n) is 12.7. The Morgan fingerprint density at radius 3 is 1.34 bits per heavy atom. The van der Waals surface area contributed by atoms with Crippen molar-refractivity contribution in [1.82, 2.24) is 20.4 Å². The lowest BCUT2D eigenvalue weighted by atomic mass is 9.78. The van der Waals surface area contributed by atoms with Crippen molar-refractivity contribution in [2.75, 3.05) is 0 Å². The molecule has 0 aliphatic carbocycles. The maximum atomic E-state index is 12.6. The molecule has 0 bridgehead atoms. The van der Waals surface area contributed by atoms with Crippen LogP contribution in [-0.2, 0) is 9.59 Å². The van der Waals surface area contributed by atoms with Gasteiger partial charge in [-0.3, -0.25) is 9.59 Å². The van der Waals surface area contributed by atoms with Gasteiger partial charge in [0.2, 0.25) is 12.8 Å². The predicted octanol–water partition coefficient (Wildman–Crippen LogP) is 4.43. The van der Waals surface area contributed by atoms with Crippen LogP contribution in [0.5, 0.6) is 0 Å². The summed E-state index contributed by atoms with van der Waals surface area (Å²) >= 11 is 0. The Balaban J connectivity index is 2.38. The fourth-order valence-corrected chi connectivity index (χ4v) is 6.79. The molecular weight excluding hydrogens is 400 g/mol. The van der Waals surface area contributed by atoms with E-state index in [1.807, 2.05) is 9.80 Å². The molecule has 0 aromatic rings. The zero-order valence-electron chi connectivity index (χ0n) is 22.3. The van der Waals surface area contributed by atoms with Gasteiger partial charge in [0.1, 0.15) is 6.17 Å². The molecule has 6 heteroatoms. The van der Waals surface area contributed by atoms with Gasteiger partial charge in [0.15, 0.2) is 0 Å². The molecule has 0 spiro atoms. The number of hydrogen-bond acceptors (Lipinski definition) is 4. The predicted molar refractivity (Wildman–Crippen MR) is 132 cm³/mol. The molecule has 0 aromatic heterocycles. The van der Waals surface area contributed by atoms with E-state index in [-0.39, 0.29) is 40.4 Å². The van der Waals surface area contributed by atoms with Crippen LogP contribution >= 0.6 is 0 Å². The highest BCUT2D eigenvalue weighted by molar-refractivity contribution is 5.53. The van der Waals surface area contributed by atoms with Crippen molar-refractivity contribution >= 4 is 12.8 Å². The fraction of sp³-hybridized carbons (Fsp3) is 0.923. The third-order valence-corrected chi connectivity index (χ3v) is 7.18. The number of nitrogens with one attached hydrogen (secondary N) is 2. The topological polar surface area (TPSA) is 64.7 Å². The monoisotopic (exact) mass is 450 g/mol. The highest BCUT2D eigenvalue weighted by Gasteiger charge is 2.45. The molecule has 0 radical (unpaired) electrons. The van der Waals surface area contributed by atoms with Gasteiger partial charge in [0.05, 0.1) is 0 Å². The molecule has 6 nitrogen and oxygen atoms in total. The van der Waals surface area contributed by atoms with E-state index in [1.54, 1.807) is 0 Å². The second kappa shape index (κ2) is 10.0. The molecule has 2 fully saturated rings. The third-order valence-electron chi connectivity index (χ3n) is 7.18. The fourth-order valence-electron chi connectivity index (χ4n) is 6.79. The first kappa shape index (κ1) is 27.1. The van der Waals surface area contributed by atoms with Crippen molar-refractivity contribution in [3.63, 3.8) is 0 Å². The molecule has 0 saturated carbocycles. The van der Waals surface area contributed by atoms with Crippen LogP contribution in [0.2, 0.25) is 0 Å². The van der Waals surface area contributed by atoms with E-state index in [0.717, 1.165) is 64.2 Å². The molecule has 2 rings (SSSR count). The van der Waals surface area contributed by atoms with Gasteiger partial charge in [0.25, 0.3) is 0 Å². The molecule has 2 N–H and O–H groups in total. The summed E-state index contributed by atoms with van der Waals surface area (Å²) in [4.78, 5) is 29.2. The van der Waals surface area contributed by atoms with Gasteiger partial charge in [-0.2, -0.15) is 0 Å². The minimum absolute atomic E-state index is 0.0631. The van der Waals surface area contributed by atoms with Crippen molar-refractivity contribution in [2.24, 2.45) is 0 Å². The van der Waals surface area contributed by atoms with Crippen LogP contribution in [0.15, 0.2) is 0 Å². The second-order valence-electron chi connectivity index (χ2n) is 13.0. The molecule has 2 amide bonds. The van der Waals surface area contributed by atoms with Crippen LogP contribution < -0.4 is 10.6 Å². The number of rotatable bonds is 10. The molecule has 186 valence electrons. The van der Waals surface area contributed by atoms with E-state index in [9.17, 15) is 9.59 Å². The number of nitrogens with zero attached hydrogens (tertiary/aromatic N) is 2. The van der Waals surface area contributed by atoms with Gasteiger partial charge in [0, 0.05) is 34.2 Å². The zero-order valence-corrected chi connectivity index (χ0v) is 22.3. The largest absolute Gasteiger partial charge is 0.322 e. The molecule has 32 heavy (non-hydrogen) atoms.